The van der Waals surface area contributed by atoms with Crippen molar-refractivity contribution >= 4 is 5.82 Å². The molecule has 0 bridgehead atoms. The van der Waals surface area contributed by atoms with Gasteiger partial charge >= 0.3 is 0 Å². The largest absolute Gasteiger partial charge is 0.383 e. The summed E-state index contributed by atoms with van der Waals surface area (Å²) in [6, 6.07) is 7.92. The minimum atomic E-state index is 0.376. The number of hydrogen-bond acceptors (Lipinski definition) is 5. The van der Waals surface area contributed by atoms with Gasteiger partial charge in [0.15, 0.2) is 0 Å². The van der Waals surface area contributed by atoms with Crippen LogP contribution in [-0.4, -0.2) is 19.9 Å². The van der Waals surface area contributed by atoms with E-state index in [1.54, 1.807) is 17.9 Å². The van der Waals surface area contributed by atoms with Crippen LogP contribution in [0.2, 0.25) is 0 Å². The molecule has 0 aliphatic carbocycles. The normalized spacial score (nSPS) is 10.8. The first kappa shape index (κ1) is 11.5. The summed E-state index contributed by atoms with van der Waals surface area (Å²) >= 11 is 0. The van der Waals surface area contributed by atoms with E-state index in [-0.39, 0.29) is 0 Å². The van der Waals surface area contributed by atoms with Crippen molar-refractivity contribution in [2.75, 3.05) is 5.73 Å². The minimum Gasteiger partial charge on any atom is -0.383 e. The van der Waals surface area contributed by atoms with Crippen LogP contribution in [0.5, 0.6) is 0 Å². The van der Waals surface area contributed by atoms with Crippen molar-refractivity contribution in [3.05, 3.63) is 36.0 Å². The average Bonchev–Trinajstić information content (AvgIpc) is 2.99. The van der Waals surface area contributed by atoms with Gasteiger partial charge in [0.1, 0.15) is 11.4 Å². The van der Waals surface area contributed by atoms with Gasteiger partial charge in [0.25, 0.3) is 5.89 Å². The molecule has 0 radical (unpaired) electrons. The van der Waals surface area contributed by atoms with Crippen molar-refractivity contribution in [1.82, 2.24) is 19.9 Å². The predicted molar refractivity (Wildman–Crippen MR) is 71.1 cm³/mol. The van der Waals surface area contributed by atoms with Crippen LogP contribution >= 0.6 is 0 Å². The number of hydrogen-bond donors (Lipinski definition) is 1. The lowest BCUT2D eigenvalue weighted by molar-refractivity contribution is 0.432. The predicted octanol–water partition coefficient (Wildman–Crippen LogP) is 2.03. The Hall–Kier alpha value is -2.63. The molecule has 1 aromatic carbocycles. The van der Waals surface area contributed by atoms with E-state index in [2.05, 4.69) is 15.2 Å². The monoisotopic (exact) mass is 255 g/mol. The highest BCUT2D eigenvalue weighted by Gasteiger charge is 2.15. The van der Waals surface area contributed by atoms with Crippen molar-refractivity contribution in [3.63, 3.8) is 0 Å². The van der Waals surface area contributed by atoms with E-state index >= 15 is 0 Å². The van der Waals surface area contributed by atoms with Crippen LogP contribution in [0.15, 0.2) is 35.0 Å². The van der Waals surface area contributed by atoms with Crippen molar-refractivity contribution in [1.29, 1.82) is 0 Å². The van der Waals surface area contributed by atoms with Crippen LogP contribution in [0.25, 0.3) is 22.8 Å². The van der Waals surface area contributed by atoms with Crippen LogP contribution in [0, 0.1) is 6.92 Å². The van der Waals surface area contributed by atoms with Gasteiger partial charge in [0.2, 0.25) is 5.82 Å². The number of nitrogens with two attached hydrogens (primary N) is 1. The van der Waals surface area contributed by atoms with Gasteiger partial charge in [-0.2, -0.15) is 10.1 Å². The summed E-state index contributed by atoms with van der Waals surface area (Å²) in [5.41, 5.74) is 8.61. The highest BCUT2D eigenvalue weighted by Crippen LogP contribution is 2.25. The molecule has 6 nitrogen and oxygen atoms in total. The number of aryl methyl sites for hydroxylation is 2. The molecule has 0 unspecified atom stereocenters. The maximum Gasteiger partial charge on any atom is 0.263 e. The second-order valence-corrected chi connectivity index (χ2v) is 4.36. The first-order valence-electron chi connectivity index (χ1n) is 5.84. The van der Waals surface area contributed by atoms with E-state index < -0.39 is 0 Å². The number of anilines is 1. The Morgan fingerprint density at radius 2 is 1.95 bits per heavy atom. The fraction of sp³-hybridized carbons (Fsp3) is 0.154. The third-order valence-corrected chi connectivity index (χ3v) is 2.95. The van der Waals surface area contributed by atoms with Gasteiger partial charge in [-0.15, -0.1) is 0 Å². The minimum absolute atomic E-state index is 0.376. The molecule has 2 heterocycles. The highest BCUT2D eigenvalue weighted by atomic mass is 16.5. The Bertz CT molecular complexity index is 711. The Morgan fingerprint density at radius 3 is 2.58 bits per heavy atom. The molecular formula is C13H13N5O. The summed E-state index contributed by atoms with van der Waals surface area (Å²) < 4.78 is 6.80. The molecule has 2 aromatic heterocycles. The molecule has 0 atom stereocenters. The van der Waals surface area contributed by atoms with Crippen LogP contribution in [-0.2, 0) is 7.05 Å². The van der Waals surface area contributed by atoms with Crippen LogP contribution in [0.4, 0.5) is 5.82 Å². The molecular weight excluding hydrogens is 242 g/mol. The van der Waals surface area contributed by atoms with Crippen LogP contribution in [0.1, 0.15) is 5.56 Å². The van der Waals surface area contributed by atoms with Crippen LogP contribution < -0.4 is 5.73 Å². The van der Waals surface area contributed by atoms with E-state index in [0.29, 0.717) is 23.1 Å². The molecule has 96 valence electrons. The number of benzene rings is 1. The van der Waals surface area contributed by atoms with E-state index in [1.807, 2.05) is 31.2 Å². The zero-order valence-electron chi connectivity index (χ0n) is 10.7. The number of nitrogens with zero attached hydrogens (tertiary/aromatic N) is 4. The molecule has 3 aromatic rings. The van der Waals surface area contributed by atoms with E-state index in [4.69, 9.17) is 10.3 Å². The maximum absolute atomic E-state index is 5.88. The Labute approximate surface area is 109 Å². The zero-order chi connectivity index (χ0) is 13.4. The summed E-state index contributed by atoms with van der Waals surface area (Å²) in [6.07, 6.45) is 1.61. The molecule has 0 saturated heterocycles. The highest BCUT2D eigenvalue weighted by molar-refractivity contribution is 5.68. The van der Waals surface area contributed by atoms with Gasteiger partial charge in [-0.05, 0) is 6.92 Å². The van der Waals surface area contributed by atoms with Gasteiger partial charge in [-0.25, -0.2) is 0 Å². The Balaban J connectivity index is 2.00. The molecule has 0 amide bonds. The van der Waals surface area contributed by atoms with Gasteiger partial charge in [-0.1, -0.05) is 35.0 Å². The molecule has 0 aliphatic rings. The smallest absolute Gasteiger partial charge is 0.263 e. The molecule has 3 rings (SSSR count). The second kappa shape index (κ2) is 4.24. The lowest BCUT2D eigenvalue weighted by Crippen LogP contribution is -1.98. The molecule has 0 fully saturated rings. The number of rotatable bonds is 2. The lowest BCUT2D eigenvalue weighted by Gasteiger charge is -1.95. The average molecular weight is 255 g/mol. The fourth-order valence-electron chi connectivity index (χ4n) is 1.76. The van der Waals surface area contributed by atoms with E-state index in [0.717, 1.165) is 5.56 Å². The SMILES string of the molecule is Cc1ccc(-c2noc(-c3cnn(C)c3N)n2)cc1. The molecule has 0 saturated carbocycles. The standard InChI is InChI=1S/C13H13N5O/c1-8-3-5-9(6-4-8)12-16-13(19-17-12)10-7-15-18(2)11(10)14/h3-7H,14H2,1-2H3. The first-order valence-corrected chi connectivity index (χ1v) is 5.84. The summed E-state index contributed by atoms with van der Waals surface area (Å²) in [5, 5.41) is 8.01. The molecule has 6 heteroatoms. The Kier molecular flexibility index (Phi) is 2.56. The summed E-state index contributed by atoms with van der Waals surface area (Å²) in [7, 11) is 1.76. The first-order chi connectivity index (χ1) is 9.15. The van der Waals surface area contributed by atoms with Gasteiger partial charge in [0.05, 0.1) is 6.20 Å². The maximum atomic E-state index is 5.88. The second-order valence-electron chi connectivity index (χ2n) is 4.36. The molecule has 0 spiro atoms. The van der Waals surface area contributed by atoms with Gasteiger partial charge in [-0.3, -0.25) is 4.68 Å². The van der Waals surface area contributed by atoms with Crippen molar-refractivity contribution < 1.29 is 4.52 Å². The lowest BCUT2D eigenvalue weighted by atomic mass is 10.1. The summed E-state index contributed by atoms with van der Waals surface area (Å²) in [5.74, 6) is 1.42. The van der Waals surface area contributed by atoms with E-state index in [9.17, 15) is 0 Å². The Morgan fingerprint density at radius 1 is 1.21 bits per heavy atom. The van der Waals surface area contributed by atoms with E-state index in [1.165, 1.54) is 5.56 Å². The fourth-order valence-corrected chi connectivity index (χ4v) is 1.76. The quantitative estimate of drug-likeness (QED) is 0.757. The van der Waals surface area contributed by atoms with Gasteiger partial charge in [0, 0.05) is 12.6 Å². The van der Waals surface area contributed by atoms with Gasteiger partial charge < -0.3 is 10.3 Å². The summed E-state index contributed by atoms with van der Waals surface area (Å²) in [6.45, 7) is 2.03. The summed E-state index contributed by atoms with van der Waals surface area (Å²) in [4.78, 5) is 4.34. The van der Waals surface area contributed by atoms with Crippen molar-refractivity contribution in [3.8, 4) is 22.8 Å². The zero-order valence-corrected chi connectivity index (χ0v) is 10.7. The third-order valence-electron chi connectivity index (χ3n) is 2.95. The number of aromatic nitrogens is 4. The van der Waals surface area contributed by atoms with Crippen molar-refractivity contribution in [2.24, 2.45) is 7.05 Å². The third kappa shape index (κ3) is 1.97. The van der Waals surface area contributed by atoms with Crippen LogP contribution in [0.3, 0.4) is 0 Å². The molecule has 2 N–H and O–H groups in total. The molecule has 19 heavy (non-hydrogen) atoms. The topological polar surface area (TPSA) is 82.8 Å². The molecule has 0 aliphatic heterocycles. The number of nitrogen functional groups attached to an aromatic ring is 1. The van der Waals surface area contributed by atoms with Crippen molar-refractivity contribution in [2.45, 2.75) is 6.92 Å².